The molecule has 2 aliphatic rings. The van der Waals surface area contributed by atoms with Crippen LogP contribution in [0.4, 0.5) is 0 Å². The molecule has 1 aliphatic heterocycles. The summed E-state index contributed by atoms with van der Waals surface area (Å²) < 4.78 is 6.99. The Morgan fingerprint density at radius 1 is 1.26 bits per heavy atom. The highest BCUT2D eigenvalue weighted by Gasteiger charge is 2.41. The molecule has 1 saturated heterocycles. The van der Waals surface area contributed by atoms with E-state index in [1.165, 1.54) is 0 Å². The van der Waals surface area contributed by atoms with Crippen LogP contribution in [0.5, 0.6) is 0 Å². The first-order chi connectivity index (χ1) is 13.0. The van der Waals surface area contributed by atoms with Gasteiger partial charge >= 0.3 is 5.97 Å². The van der Waals surface area contributed by atoms with Crippen LogP contribution in [-0.2, 0) is 20.9 Å². The third-order valence-corrected chi connectivity index (χ3v) is 5.52. The number of likely N-dealkylation sites (tertiary alicyclic amines) is 1. The highest BCUT2D eigenvalue weighted by atomic mass is 16.5. The number of ether oxygens (including phenoxy) is 1. The monoisotopic (exact) mass is 371 g/mol. The number of hydrogen-bond donors (Lipinski definition) is 1. The SMILES string of the molecule is CCOC(=O)C1(O)CCN(C(=O)Cn2c(C3CC3)nc3ccccc32)CC1. The number of aliphatic hydroxyl groups is 1. The zero-order valence-electron chi connectivity index (χ0n) is 15.6. The van der Waals surface area contributed by atoms with Crippen molar-refractivity contribution in [2.45, 2.75) is 50.7 Å². The second kappa shape index (κ2) is 6.96. The minimum absolute atomic E-state index is 0.00837. The Morgan fingerprint density at radius 3 is 2.63 bits per heavy atom. The van der Waals surface area contributed by atoms with Gasteiger partial charge in [-0.2, -0.15) is 0 Å². The Morgan fingerprint density at radius 2 is 1.96 bits per heavy atom. The van der Waals surface area contributed by atoms with Gasteiger partial charge in [0.05, 0.1) is 17.6 Å². The van der Waals surface area contributed by atoms with Crippen LogP contribution in [0.3, 0.4) is 0 Å². The van der Waals surface area contributed by atoms with Crippen LogP contribution in [0.1, 0.15) is 44.3 Å². The van der Waals surface area contributed by atoms with E-state index in [1.807, 2.05) is 28.8 Å². The average molecular weight is 371 g/mol. The number of aromatic nitrogens is 2. The van der Waals surface area contributed by atoms with Gasteiger partial charge in [0, 0.05) is 31.8 Å². The van der Waals surface area contributed by atoms with Crippen LogP contribution >= 0.6 is 0 Å². The van der Waals surface area contributed by atoms with Crippen molar-refractivity contribution in [2.24, 2.45) is 0 Å². The van der Waals surface area contributed by atoms with Gasteiger partial charge < -0.3 is 19.3 Å². The summed E-state index contributed by atoms with van der Waals surface area (Å²) in [7, 11) is 0. The molecule has 1 aliphatic carbocycles. The lowest BCUT2D eigenvalue weighted by atomic mass is 9.91. The van der Waals surface area contributed by atoms with Crippen molar-refractivity contribution in [1.82, 2.24) is 14.5 Å². The molecule has 0 spiro atoms. The standard InChI is InChI=1S/C20H25N3O4/c1-2-27-19(25)20(26)9-11-22(12-10-20)17(24)13-23-16-6-4-3-5-15(16)21-18(23)14-7-8-14/h3-6,14,26H,2,7-13H2,1H3. The summed E-state index contributed by atoms with van der Waals surface area (Å²) in [6, 6.07) is 7.89. The zero-order valence-corrected chi connectivity index (χ0v) is 15.6. The van der Waals surface area contributed by atoms with Crippen LogP contribution in [0.25, 0.3) is 11.0 Å². The number of nitrogens with zero attached hydrogens (tertiary/aromatic N) is 3. The normalized spacial score (nSPS) is 19.3. The van der Waals surface area contributed by atoms with Crippen molar-refractivity contribution in [3.8, 4) is 0 Å². The first-order valence-electron chi connectivity index (χ1n) is 9.64. The van der Waals surface area contributed by atoms with Gasteiger partial charge in [0.1, 0.15) is 12.4 Å². The third-order valence-electron chi connectivity index (χ3n) is 5.52. The highest BCUT2D eigenvalue weighted by molar-refractivity contribution is 5.83. The van der Waals surface area contributed by atoms with Crippen molar-refractivity contribution >= 4 is 22.9 Å². The van der Waals surface area contributed by atoms with E-state index in [0.717, 1.165) is 29.7 Å². The van der Waals surface area contributed by atoms with Gasteiger partial charge in [0.2, 0.25) is 5.91 Å². The molecular formula is C20H25N3O4. The number of piperidine rings is 1. The number of imidazole rings is 1. The molecule has 2 aromatic rings. The predicted molar refractivity (Wildman–Crippen MR) is 99.1 cm³/mol. The highest BCUT2D eigenvalue weighted by Crippen LogP contribution is 2.40. The summed E-state index contributed by atoms with van der Waals surface area (Å²) in [5.74, 6) is 0.838. The van der Waals surface area contributed by atoms with E-state index < -0.39 is 11.6 Å². The van der Waals surface area contributed by atoms with E-state index in [1.54, 1.807) is 11.8 Å². The summed E-state index contributed by atoms with van der Waals surface area (Å²) >= 11 is 0. The molecule has 1 aromatic carbocycles. The van der Waals surface area contributed by atoms with Gasteiger partial charge in [-0.05, 0) is 31.9 Å². The average Bonchev–Trinajstić information content (AvgIpc) is 3.45. The molecule has 144 valence electrons. The number of hydrogen-bond acceptors (Lipinski definition) is 5. The topological polar surface area (TPSA) is 84.7 Å². The Kier molecular flexibility index (Phi) is 4.63. The molecule has 0 atom stereocenters. The smallest absolute Gasteiger partial charge is 0.338 e. The fraction of sp³-hybridized carbons (Fsp3) is 0.550. The van der Waals surface area contributed by atoms with E-state index in [2.05, 4.69) is 0 Å². The van der Waals surface area contributed by atoms with Crippen LogP contribution in [0.15, 0.2) is 24.3 Å². The van der Waals surface area contributed by atoms with Gasteiger partial charge in [-0.25, -0.2) is 9.78 Å². The molecule has 1 aromatic heterocycles. The number of fused-ring (bicyclic) bond motifs is 1. The minimum Gasteiger partial charge on any atom is -0.464 e. The predicted octanol–water partition coefficient (Wildman–Crippen LogP) is 1.83. The van der Waals surface area contributed by atoms with Crippen LogP contribution < -0.4 is 0 Å². The van der Waals surface area contributed by atoms with E-state index in [4.69, 9.17) is 9.72 Å². The molecule has 1 saturated carbocycles. The number of benzene rings is 1. The van der Waals surface area contributed by atoms with Crippen molar-refractivity contribution in [1.29, 1.82) is 0 Å². The van der Waals surface area contributed by atoms with Gasteiger partial charge in [0.15, 0.2) is 5.60 Å². The molecule has 0 radical (unpaired) electrons. The number of esters is 1. The number of rotatable bonds is 5. The van der Waals surface area contributed by atoms with E-state index in [-0.39, 0.29) is 31.9 Å². The van der Waals surface area contributed by atoms with Crippen LogP contribution in [-0.4, -0.2) is 56.7 Å². The third kappa shape index (κ3) is 3.43. The summed E-state index contributed by atoms with van der Waals surface area (Å²) in [6.07, 6.45) is 2.65. The molecule has 1 N–H and O–H groups in total. The van der Waals surface area contributed by atoms with Crippen molar-refractivity contribution in [3.63, 3.8) is 0 Å². The fourth-order valence-electron chi connectivity index (χ4n) is 3.74. The van der Waals surface area contributed by atoms with Crippen LogP contribution in [0, 0.1) is 0 Å². The molecule has 1 amide bonds. The van der Waals surface area contributed by atoms with Crippen molar-refractivity contribution in [3.05, 3.63) is 30.1 Å². The first-order valence-corrected chi connectivity index (χ1v) is 9.64. The molecule has 2 heterocycles. The largest absolute Gasteiger partial charge is 0.464 e. The summed E-state index contributed by atoms with van der Waals surface area (Å²) in [5.41, 5.74) is 0.420. The van der Waals surface area contributed by atoms with Crippen molar-refractivity contribution in [2.75, 3.05) is 19.7 Å². The van der Waals surface area contributed by atoms with Gasteiger partial charge in [-0.1, -0.05) is 12.1 Å². The maximum absolute atomic E-state index is 12.9. The zero-order chi connectivity index (χ0) is 19.0. The minimum atomic E-state index is -1.48. The second-order valence-corrected chi connectivity index (χ2v) is 7.45. The molecule has 7 heteroatoms. The summed E-state index contributed by atoms with van der Waals surface area (Å²) in [6.45, 7) is 2.89. The summed E-state index contributed by atoms with van der Waals surface area (Å²) in [5, 5.41) is 10.5. The Labute approximate surface area is 157 Å². The van der Waals surface area contributed by atoms with E-state index in [0.29, 0.717) is 19.0 Å². The molecule has 0 bridgehead atoms. The van der Waals surface area contributed by atoms with E-state index >= 15 is 0 Å². The van der Waals surface area contributed by atoms with Crippen molar-refractivity contribution < 1.29 is 19.4 Å². The summed E-state index contributed by atoms with van der Waals surface area (Å²) in [4.78, 5) is 31.3. The molecule has 27 heavy (non-hydrogen) atoms. The number of para-hydroxylation sites is 2. The molecule has 0 unspecified atom stereocenters. The molecular weight excluding hydrogens is 346 g/mol. The Hall–Kier alpha value is -2.41. The van der Waals surface area contributed by atoms with Gasteiger partial charge in [-0.3, -0.25) is 4.79 Å². The lowest BCUT2D eigenvalue weighted by Gasteiger charge is -2.36. The lowest BCUT2D eigenvalue weighted by Crippen LogP contribution is -2.52. The molecule has 2 fully saturated rings. The second-order valence-electron chi connectivity index (χ2n) is 7.45. The number of amides is 1. The number of carbonyl (C=O) groups is 2. The fourth-order valence-corrected chi connectivity index (χ4v) is 3.74. The van der Waals surface area contributed by atoms with Gasteiger partial charge in [-0.15, -0.1) is 0 Å². The maximum atomic E-state index is 12.9. The maximum Gasteiger partial charge on any atom is 0.338 e. The Balaban J connectivity index is 1.47. The molecule has 7 nitrogen and oxygen atoms in total. The van der Waals surface area contributed by atoms with Gasteiger partial charge in [0.25, 0.3) is 0 Å². The quantitative estimate of drug-likeness (QED) is 0.811. The number of carbonyl (C=O) groups excluding carboxylic acids is 2. The van der Waals surface area contributed by atoms with E-state index in [9.17, 15) is 14.7 Å². The molecule has 4 rings (SSSR count). The first kappa shape index (κ1) is 18.0. The Bertz CT molecular complexity index is 863. The lowest BCUT2D eigenvalue weighted by molar-refractivity contribution is -0.171. The van der Waals surface area contributed by atoms with Crippen LogP contribution in [0.2, 0.25) is 0 Å².